The van der Waals surface area contributed by atoms with Crippen molar-refractivity contribution < 1.29 is 27.8 Å². The van der Waals surface area contributed by atoms with Crippen molar-refractivity contribution in [3.05, 3.63) is 35.4 Å². The first-order chi connectivity index (χ1) is 12.6. The average Bonchev–Trinajstić information content (AvgIpc) is 2.60. The summed E-state index contributed by atoms with van der Waals surface area (Å²) < 4.78 is 44.3. The molecule has 0 unspecified atom stereocenters. The van der Waals surface area contributed by atoms with Crippen LogP contribution < -0.4 is 0 Å². The van der Waals surface area contributed by atoms with E-state index in [1.54, 1.807) is 4.90 Å². The molecule has 27 heavy (non-hydrogen) atoms. The van der Waals surface area contributed by atoms with E-state index in [4.69, 9.17) is 4.74 Å². The third kappa shape index (κ3) is 4.46. The van der Waals surface area contributed by atoms with Gasteiger partial charge in [-0.25, -0.2) is 0 Å². The molecule has 2 fully saturated rings. The molecule has 3 rings (SSSR count). The summed E-state index contributed by atoms with van der Waals surface area (Å²) in [5.41, 5.74) is -0.923. The summed E-state index contributed by atoms with van der Waals surface area (Å²) in [6.45, 7) is 5.08. The van der Waals surface area contributed by atoms with E-state index in [1.165, 1.54) is 12.1 Å². The van der Waals surface area contributed by atoms with Crippen LogP contribution in [0.4, 0.5) is 13.2 Å². The highest BCUT2D eigenvalue weighted by molar-refractivity contribution is 5.94. The standard InChI is InChI=1S/C20H26F3NO3/c1-13(2)17-11-16(25)12-19(27-17)7-9-24(10-8-19)18(26)14-3-5-15(6-4-14)20(21,22)23/h3-6,13,16-17,25H,7-12H2,1-2H3/t16-,17-/m1/s1. The largest absolute Gasteiger partial charge is 0.416 e. The van der Waals surface area contributed by atoms with Crippen LogP contribution in [0.5, 0.6) is 0 Å². The maximum absolute atomic E-state index is 12.7. The molecule has 1 amide bonds. The number of likely N-dealkylation sites (tertiary alicyclic amines) is 1. The van der Waals surface area contributed by atoms with Crippen molar-refractivity contribution in [2.24, 2.45) is 5.92 Å². The lowest BCUT2D eigenvalue weighted by Gasteiger charge is -2.48. The summed E-state index contributed by atoms with van der Waals surface area (Å²) in [5, 5.41) is 10.2. The van der Waals surface area contributed by atoms with Crippen molar-refractivity contribution >= 4 is 5.91 Å². The van der Waals surface area contributed by atoms with E-state index in [-0.39, 0.29) is 17.6 Å². The fraction of sp³-hybridized carbons (Fsp3) is 0.650. The van der Waals surface area contributed by atoms with Gasteiger partial charge in [-0.2, -0.15) is 13.2 Å². The number of amides is 1. The Balaban J connectivity index is 1.64. The van der Waals surface area contributed by atoms with E-state index in [0.29, 0.717) is 44.7 Å². The van der Waals surface area contributed by atoms with Crippen LogP contribution in [-0.2, 0) is 10.9 Å². The molecule has 2 heterocycles. The molecule has 150 valence electrons. The SMILES string of the molecule is CC(C)[C@H]1C[C@@H](O)CC2(CCN(C(=O)c3ccc(C(F)(F)F)cc3)CC2)O1. The molecule has 1 aromatic rings. The Morgan fingerprint density at radius 1 is 1.22 bits per heavy atom. The van der Waals surface area contributed by atoms with Gasteiger partial charge < -0.3 is 14.7 Å². The zero-order valence-corrected chi connectivity index (χ0v) is 15.6. The molecule has 2 saturated heterocycles. The first-order valence-electron chi connectivity index (χ1n) is 9.42. The van der Waals surface area contributed by atoms with Gasteiger partial charge in [0.1, 0.15) is 0 Å². The number of ether oxygens (including phenoxy) is 1. The number of carbonyl (C=O) groups excluding carboxylic acids is 1. The van der Waals surface area contributed by atoms with Crippen LogP contribution in [0.1, 0.15) is 55.5 Å². The Bertz CT molecular complexity index is 664. The van der Waals surface area contributed by atoms with Crippen molar-refractivity contribution in [2.45, 2.75) is 63.5 Å². The zero-order valence-electron chi connectivity index (χ0n) is 15.6. The number of aliphatic hydroxyl groups excluding tert-OH is 1. The highest BCUT2D eigenvalue weighted by Crippen LogP contribution is 2.39. The van der Waals surface area contributed by atoms with Gasteiger partial charge in [0.15, 0.2) is 0 Å². The van der Waals surface area contributed by atoms with Crippen LogP contribution in [0, 0.1) is 5.92 Å². The fourth-order valence-electron chi connectivity index (χ4n) is 4.03. The Kier molecular flexibility index (Phi) is 5.54. The quantitative estimate of drug-likeness (QED) is 0.841. The second kappa shape index (κ2) is 7.43. The third-order valence-electron chi connectivity index (χ3n) is 5.68. The normalized spacial score (nSPS) is 25.8. The number of benzene rings is 1. The third-order valence-corrected chi connectivity index (χ3v) is 5.68. The highest BCUT2D eigenvalue weighted by Gasteiger charge is 2.44. The maximum atomic E-state index is 12.7. The number of halogens is 3. The lowest BCUT2D eigenvalue weighted by atomic mass is 9.80. The van der Waals surface area contributed by atoms with Crippen LogP contribution in [0.15, 0.2) is 24.3 Å². The van der Waals surface area contributed by atoms with Crippen molar-refractivity contribution in [2.75, 3.05) is 13.1 Å². The minimum atomic E-state index is -4.41. The number of hydrogen-bond acceptors (Lipinski definition) is 3. The number of hydrogen-bond donors (Lipinski definition) is 1. The Morgan fingerprint density at radius 3 is 2.33 bits per heavy atom. The molecule has 1 spiro atoms. The molecule has 0 aliphatic carbocycles. The van der Waals surface area contributed by atoms with E-state index < -0.39 is 23.4 Å². The van der Waals surface area contributed by atoms with Crippen molar-refractivity contribution in [3.8, 4) is 0 Å². The van der Waals surface area contributed by atoms with Gasteiger partial charge in [-0.05, 0) is 49.4 Å². The van der Waals surface area contributed by atoms with Gasteiger partial charge in [0.25, 0.3) is 5.91 Å². The van der Waals surface area contributed by atoms with E-state index in [1.807, 2.05) is 0 Å². The van der Waals surface area contributed by atoms with Crippen molar-refractivity contribution in [3.63, 3.8) is 0 Å². The molecule has 2 aliphatic heterocycles. The van der Waals surface area contributed by atoms with Crippen molar-refractivity contribution in [1.82, 2.24) is 4.90 Å². The Morgan fingerprint density at radius 2 is 1.81 bits per heavy atom. The van der Waals surface area contributed by atoms with Crippen LogP contribution in [0.3, 0.4) is 0 Å². The van der Waals surface area contributed by atoms with Crippen LogP contribution in [0.25, 0.3) is 0 Å². The number of rotatable bonds is 2. The minimum absolute atomic E-state index is 0.00548. The van der Waals surface area contributed by atoms with Crippen LogP contribution >= 0.6 is 0 Å². The number of aliphatic hydroxyl groups is 1. The summed E-state index contributed by atoms with van der Waals surface area (Å²) in [4.78, 5) is 14.3. The van der Waals surface area contributed by atoms with E-state index in [2.05, 4.69) is 13.8 Å². The molecule has 0 aromatic heterocycles. The van der Waals surface area contributed by atoms with Crippen molar-refractivity contribution in [1.29, 1.82) is 0 Å². The molecular weight excluding hydrogens is 359 g/mol. The minimum Gasteiger partial charge on any atom is -0.393 e. The molecule has 2 atom stereocenters. The number of carbonyl (C=O) groups is 1. The predicted molar refractivity (Wildman–Crippen MR) is 94.3 cm³/mol. The highest BCUT2D eigenvalue weighted by atomic mass is 19.4. The lowest BCUT2D eigenvalue weighted by Crippen LogP contribution is -2.54. The van der Waals surface area contributed by atoms with Crippen LogP contribution in [0.2, 0.25) is 0 Å². The number of piperidine rings is 1. The molecule has 0 saturated carbocycles. The van der Waals surface area contributed by atoms with Gasteiger partial charge in [-0.3, -0.25) is 4.79 Å². The summed E-state index contributed by atoms with van der Waals surface area (Å²) in [6.07, 6.45) is -2.36. The monoisotopic (exact) mass is 385 g/mol. The van der Waals surface area contributed by atoms with E-state index in [9.17, 15) is 23.1 Å². The summed E-state index contributed by atoms with van der Waals surface area (Å²) in [7, 11) is 0. The second-order valence-electron chi connectivity index (χ2n) is 8.04. The molecule has 0 bridgehead atoms. The molecule has 1 aromatic carbocycles. The van der Waals surface area contributed by atoms with E-state index in [0.717, 1.165) is 12.1 Å². The van der Waals surface area contributed by atoms with Gasteiger partial charge >= 0.3 is 6.18 Å². The van der Waals surface area contributed by atoms with Gasteiger partial charge in [0.05, 0.1) is 23.4 Å². The summed E-state index contributed by atoms with van der Waals surface area (Å²) in [5.74, 6) is 0.0407. The number of alkyl halides is 3. The first kappa shape index (κ1) is 20.1. The van der Waals surface area contributed by atoms with Crippen LogP contribution in [-0.4, -0.2) is 46.8 Å². The average molecular weight is 385 g/mol. The second-order valence-corrected chi connectivity index (χ2v) is 8.04. The van der Waals surface area contributed by atoms with Gasteiger partial charge in [-0.15, -0.1) is 0 Å². The van der Waals surface area contributed by atoms with Gasteiger partial charge in [0, 0.05) is 25.1 Å². The molecule has 1 N–H and O–H groups in total. The maximum Gasteiger partial charge on any atom is 0.416 e. The van der Waals surface area contributed by atoms with Gasteiger partial charge in [0.2, 0.25) is 0 Å². The lowest BCUT2D eigenvalue weighted by molar-refractivity contribution is -0.190. The number of nitrogens with zero attached hydrogens (tertiary/aromatic N) is 1. The Hall–Kier alpha value is -1.60. The zero-order chi connectivity index (χ0) is 19.8. The molecule has 4 nitrogen and oxygen atoms in total. The smallest absolute Gasteiger partial charge is 0.393 e. The molecule has 2 aliphatic rings. The van der Waals surface area contributed by atoms with E-state index >= 15 is 0 Å². The molecule has 0 radical (unpaired) electrons. The molecule has 7 heteroatoms. The molecular formula is C20H26F3NO3. The Labute approximate surface area is 157 Å². The fourth-order valence-corrected chi connectivity index (χ4v) is 4.03. The topological polar surface area (TPSA) is 49.8 Å². The summed E-state index contributed by atoms with van der Waals surface area (Å²) >= 11 is 0. The first-order valence-corrected chi connectivity index (χ1v) is 9.42. The predicted octanol–water partition coefficient (Wildman–Crippen LogP) is 3.88. The van der Waals surface area contributed by atoms with Gasteiger partial charge in [-0.1, -0.05) is 13.8 Å². The summed E-state index contributed by atoms with van der Waals surface area (Å²) in [6, 6.07) is 4.33.